The van der Waals surface area contributed by atoms with E-state index in [1.807, 2.05) is 0 Å². The van der Waals surface area contributed by atoms with Gasteiger partial charge in [0.2, 0.25) is 5.88 Å². The minimum Gasteiger partial charge on any atom is -0.439 e. The lowest BCUT2D eigenvalue weighted by Crippen LogP contribution is -2.18. The second-order valence-corrected chi connectivity index (χ2v) is 5.73. The van der Waals surface area contributed by atoms with Gasteiger partial charge in [-0.1, -0.05) is 12.1 Å². The quantitative estimate of drug-likeness (QED) is 0.501. The summed E-state index contributed by atoms with van der Waals surface area (Å²) in [5.41, 5.74) is 0.675. The number of hydrogen-bond donors (Lipinski definition) is 2. The Morgan fingerprint density at radius 1 is 1.25 bits per heavy atom. The van der Waals surface area contributed by atoms with Crippen molar-refractivity contribution in [2.24, 2.45) is 0 Å². The SMILES string of the molecule is N=C1NC(=O)/C(=C\c2ccc(Oc3ccc([N+](=O)[O-])cn3)cc2)S1. The molecular formula is C15H10N4O4S. The van der Waals surface area contributed by atoms with Crippen molar-refractivity contribution in [3.63, 3.8) is 0 Å². The van der Waals surface area contributed by atoms with E-state index < -0.39 is 4.92 Å². The molecule has 2 N–H and O–H groups in total. The van der Waals surface area contributed by atoms with Crippen molar-refractivity contribution < 1.29 is 14.5 Å². The summed E-state index contributed by atoms with van der Waals surface area (Å²) < 4.78 is 5.50. The average molecular weight is 342 g/mol. The molecule has 1 aromatic heterocycles. The maximum absolute atomic E-state index is 11.6. The fourth-order valence-corrected chi connectivity index (χ4v) is 2.59. The van der Waals surface area contributed by atoms with E-state index in [1.54, 1.807) is 30.3 Å². The van der Waals surface area contributed by atoms with Crippen LogP contribution in [0.1, 0.15) is 5.56 Å². The Labute approximate surface area is 140 Å². The third kappa shape index (κ3) is 3.58. The van der Waals surface area contributed by atoms with Gasteiger partial charge in [0.05, 0.1) is 9.83 Å². The molecule has 1 saturated heterocycles. The van der Waals surface area contributed by atoms with Gasteiger partial charge in [-0.25, -0.2) is 4.98 Å². The maximum Gasteiger partial charge on any atom is 0.287 e. The zero-order valence-corrected chi connectivity index (χ0v) is 12.9. The first kappa shape index (κ1) is 15.7. The van der Waals surface area contributed by atoms with Gasteiger partial charge in [0, 0.05) is 12.1 Å². The first-order valence-corrected chi connectivity index (χ1v) is 7.51. The van der Waals surface area contributed by atoms with Gasteiger partial charge in [-0.15, -0.1) is 0 Å². The molecule has 2 aromatic rings. The van der Waals surface area contributed by atoms with Crippen LogP contribution in [0.2, 0.25) is 0 Å². The van der Waals surface area contributed by atoms with Crippen LogP contribution in [0.5, 0.6) is 11.6 Å². The van der Waals surface area contributed by atoms with E-state index in [9.17, 15) is 14.9 Å². The van der Waals surface area contributed by atoms with Crippen LogP contribution in [0.3, 0.4) is 0 Å². The predicted molar refractivity (Wildman–Crippen MR) is 88.8 cm³/mol. The Bertz CT molecular complexity index is 847. The van der Waals surface area contributed by atoms with Gasteiger partial charge in [-0.3, -0.25) is 20.3 Å². The molecule has 1 aromatic carbocycles. The average Bonchev–Trinajstić information content (AvgIpc) is 2.87. The second kappa shape index (κ2) is 6.50. The normalized spacial score (nSPS) is 15.4. The summed E-state index contributed by atoms with van der Waals surface area (Å²) in [6.45, 7) is 0. The molecule has 0 aliphatic carbocycles. The number of amidine groups is 1. The molecule has 1 fully saturated rings. The van der Waals surface area contributed by atoms with Crippen LogP contribution in [0, 0.1) is 15.5 Å². The summed E-state index contributed by atoms with van der Waals surface area (Å²) in [7, 11) is 0. The smallest absolute Gasteiger partial charge is 0.287 e. The summed E-state index contributed by atoms with van der Waals surface area (Å²) in [6.07, 6.45) is 2.80. The van der Waals surface area contributed by atoms with E-state index in [4.69, 9.17) is 10.1 Å². The number of rotatable bonds is 4. The number of benzene rings is 1. The van der Waals surface area contributed by atoms with Crippen LogP contribution in [0.15, 0.2) is 47.5 Å². The summed E-state index contributed by atoms with van der Waals surface area (Å²) in [5, 5.41) is 20.5. The summed E-state index contributed by atoms with van der Waals surface area (Å²) >= 11 is 1.07. The van der Waals surface area contributed by atoms with E-state index in [-0.39, 0.29) is 22.6 Å². The topological polar surface area (TPSA) is 118 Å². The van der Waals surface area contributed by atoms with Crippen molar-refractivity contribution in [1.82, 2.24) is 10.3 Å². The third-order valence-electron chi connectivity index (χ3n) is 2.99. The van der Waals surface area contributed by atoms with E-state index in [0.29, 0.717) is 10.7 Å². The highest BCUT2D eigenvalue weighted by Gasteiger charge is 2.22. The zero-order valence-electron chi connectivity index (χ0n) is 12.1. The van der Waals surface area contributed by atoms with Crippen molar-refractivity contribution in [2.45, 2.75) is 0 Å². The number of aromatic nitrogens is 1. The van der Waals surface area contributed by atoms with Crippen molar-refractivity contribution in [3.8, 4) is 11.6 Å². The number of nitrogens with zero attached hydrogens (tertiary/aromatic N) is 2. The number of amides is 1. The molecule has 0 bridgehead atoms. The van der Waals surface area contributed by atoms with Gasteiger partial charge in [-0.05, 0) is 35.5 Å². The number of carbonyl (C=O) groups is 1. The number of nitrogens with one attached hydrogen (secondary N) is 2. The lowest BCUT2D eigenvalue weighted by molar-refractivity contribution is -0.385. The Hall–Kier alpha value is -3.20. The van der Waals surface area contributed by atoms with Gasteiger partial charge < -0.3 is 10.1 Å². The number of pyridine rings is 1. The van der Waals surface area contributed by atoms with Gasteiger partial charge in [0.25, 0.3) is 11.6 Å². The van der Waals surface area contributed by atoms with Gasteiger partial charge in [0.15, 0.2) is 5.17 Å². The van der Waals surface area contributed by atoms with Gasteiger partial charge in [-0.2, -0.15) is 0 Å². The molecule has 1 aliphatic rings. The second-order valence-electron chi connectivity index (χ2n) is 4.68. The molecule has 24 heavy (non-hydrogen) atoms. The molecule has 1 aliphatic heterocycles. The van der Waals surface area contributed by atoms with Gasteiger partial charge in [0.1, 0.15) is 11.9 Å². The van der Waals surface area contributed by atoms with E-state index in [0.717, 1.165) is 23.5 Å². The lowest BCUT2D eigenvalue weighted by atomic mass is 10.2. The summed E-state index contributed by atoms with van der Waals surface area (Å²) in [5.74, 6) is 0.459. The number of thioether (sulfide) groups is 1. The highest BCUT2D eigenvalue weighted by atomic mass is 32.2. The monoisotopic (exact) mass is 342 g/mol. The van der Waals surface area contributed by atoms with Crippen LogP contribution >= 0.6 is 11.8 Å². The number of hydrogen-bond acceptors (Lipinski definition) is 7. The van der Waals surface area contributed by atoms with E-state index in [1.165, 1.54) is 12.1 Å². The van der Waals surface area contributed by atoms with E-state index >= 15 is 0 Å². The fraction of sp³-hybridized carbons (Fsp3) is 0. The molecule has 0 saturated carbocycles. The molecule has 0 spiro atoms. The molecule has 3 rings (SSSR count). The molecule has 2 heterocycles. The molecule has 9 heteroatoms. The Balaban J connectivity index is 1.70. The lowest BCUT2D eigenvalue weighted by Gasteiger charge is -2.04. The molecule has 8 nitrogen and oxygen atoms in total. The summed E-state index contributed by atoms with van der Waals surface area (Å²) in [4.78, 5) is 25.9. The molecule has 1 amide bonds. The predicted octanol–water partition coefficient (Wildman–Crippen LogP) is 2.92. The van der Waals surface area contributed by atoms with Crippen LogP contribution in [-0.2, 0) is 4.79 Å². The molecule has 0 unspecified atom stereocenters. The standard InChI is InChI=1S/C15H10N4O4S/c16-15-18-14(20)12(24-15)7-9-1-4-11(5-2-9)23-13-6-3-10(8-17-13)19(21)22/h1-8H,(H2,16,18,20)/b12-7+. The zero-order chi connectivity index (χ0) is 17.1. The van der Waals surface area contributed by atoms with Crippen LogP contribution in [-0.4, -0.2) is 21.0 Å². The first-order valence-electron chi connectivity index (χ1n) is 6.69. The minimum atomic E-state index is -0.532. The largest absolute Gasteiger partial charge is 0.439 e. The van der Waals surface area contributed by atoms with Crippen molar-refractivity contribution >= 4 is 34.6 Å². The number of carbonyl (C=O) groups excluding carboxylic acids is 1. The van der Waals surface area contributed by atoms with Crippen LogP contribution in [0.4, 0.5) is 5.69 Å². The van der Waals surface area contributed by atoms with Crippen molar-refractivity contribution in [3.05, 3.63) is 63.2 Å². The highest BCUT2D eigenvalue weighted by molar-refractivity contribution is 8.18. The molecule has 120 valence electrons. The third-order valence-corrected chi connectivity index (χ3v) is 3.82. The number of nitro groups is 1. The minimum absolute atomic E-state index is 0.107. The fourth-order valence-electron chi connectivity index (χ4n) is 1.89. The van der Waals surface area contributed by atoms with Crippen molar-refractivity contribution in [2.75, 3.05) is 0 Å². The molecule has 0 radical (unpaired) electrons. The van der Waals surface area contributed by atoms with Crippen LogP contribution in [0.25, 0.3) is 6.08 Å². The van der Waals surface area contributed by atoms with Crippen LogP contribution < -0.4 is 10.1 Å². The van der Waals surface area contributed by atoms with Crippen molar-refractivity contribution in [1.29, 1.82) is 5.41 Å². The first-order chi connectivity index (χ1) is 11.5. The number of ether oxygens (including phenoxy) is 1. The Morgan fingerprint density at radius 3 is 2.54 bits per heavy atom. The Kier molecular flexibility index (Phi) is 4.25. The van der Waals surface area contributed by atoms with E-state index in [2.05, 4.69) is 10.3 Å². The molecule has 0 atom stereocenters. The Morgan fingerprint density at radius 2 is 2.00 bits per heavy atom. The highest BCUT2D eigenvalue weighted by Crippen LogP contribution is 2.26. The van der Waals surface area contributed by atoms with Gasteiger partial charge >= 0.3 is 0 Å². The summed E-state index contributed by atoms with van der Waals surface area (Å²) in [6, 6.07) is 9.62. The molecular weight excluding hydrogens is 332 g/mol. The maximum atomic E-state index is 11.6.